The summed E-state index contributed by atoms with van der Waals surface area (Å²) in [5.74, 6) is -1.34. The Kier molecular flexibility index (Phi) is 10.3. The Labute approximate surface area is 294 Å². The van der Waals surface area contributed by atoms with E-state index in [1.54, 1.807) is 17.9 Å². The lowest BCUT2D eigenvalue weighted by Gasteiger charge is -2.20. The van der Waals surface area contributed by atoms with Gasteiger partial charge in [0.15, 0.2) is 5.82 Å². The van der Waals surface area contributed by atoms with Crippen LogP contribution in [0.4, 0.5) is 28.0 Å². The summed E-state index contributed by atoms with van der Waals surface area (Å²) in [5, 5.41) is 6.56. The normalized spacial score (nSPS) is 17.4. The number of nitrogens with zero attached hydrogens (tertiary/aromatic N) is 5. The number of amides is 2. The molecule has 6 rings (SSSR count). The number of aromatic nitrogens is 4. The number of anilines is 1. The SMILES string of the molecule is CCc1c(/C=C2\C[C@@H](C)N(C(=O)OCc3ccccc3)C2)c(=O)n2nc(C3=C(F)COCC3)nc2n1CC(=O)Nc1ccc(C(F)(F)F)cc1Cl. The molecule has 268 valence electrons. The number of hydrogen-bond donors (Lipinski definition) is 1. The lowest BCUT2D eigenvalue weighted by Crippen LogP contribution is -2.34. The fourth-order valence-corrected chi connectivity index (χ4v) is 6.37. The maximum Gasteiger partial charge on any atom is 0.416 e. The molecule has 0 radical (unpaired) electrons. The van der Waals surface area contributed by atoms with Crippen molar-refractivity contribution in [1.29, 1.82) is 0 Å². The van der Waals surface area contributed by atoms with Crippen LogP contribution in [0.1, 0.15) is 54.9 Å². The van der Waals surface area contributed by atoms with Crippen molar-refractivity contribution >= 4 is 46.7 Å². The highest BCUT2D eigenvalue weighted by atomic mass is 35.5. The van der Waals surface area contributed by atoms with Crippen LogP contribution in [-0.4, -0.2) is 61.9 Å². The van der Waals surface area contributed by atoms with Crippen molar-refractivity contribution in [2.75, 3.05) is 25.1 Å². The van der Waals surface area contributed by atoms with Gasteiger partial charge in [0.25, 0.3) is 5.56 Å². The Morgan fingerprint density at radius 1 is 1.18 bits per heavy atom. The lowest BCUT2D eigenvalue weighted by molar-refractivity contribution is -0.137. The molecule has 4 heterocycles. The zero-order valence-electron chi connectivity index (χ0n) is 27.6. The summed E-state index contributed by atoms with van der Waals surface area (Å²) < 4.78 is 67.5. The molecule has 0 saturated carbocycles. The largest absolute Gasteiger partial charge is 0.445 e. The van der Waals surface area contributed by atoms with E-state index in [9.17, 15) is 31.9 Å². The molecule has 0 aliphatic carbocycles. The summed E-state index contributed by atoms with van der Waals surface area (Å²) in [6.45, 7) is 3.42. The van der Waals surface area contributed by atoms with Gasteiger partial charge in [-0.05, 0) is 55.2 Å². The van der Waals surface area contributed by atoms with E-state index in [-0.39, 0.29) is 78.7 Å². The second kappa shape index (κ2) is 14.7. The van der Waals surface area contributed by atoms with E-state index < -0.39 is 41.7 Å². The second-order valence-corrected chi connectivity index (χ2v) is 12.6. The van der Waals surface area contributed by atoms with Gasteiger partial charge in [-0.1, -0.05) is 48.9 Å². The van der Waals surface area contributed by atoms with Crippen LogP contribution in [0.2, 0.25) is 5.02 Å². The van der Waals surface area contributed by atoms with E-state index in [0.717, 1.165) is 27.8 Å². The highest BCUT2D eigenvalue weighted by molar-refractivity contribution is 6.33. The highest BCUT2D eigenvalue weighted by Gasteiger charge is 2.32. The number of rotatable bonds is 8. The van der Waals surface area contributed by atoms with Crippen LogP contribution in [0, 0.1) is 0 Å². The third-order valence-electron chi connectivity index (χ3n) is 8.67. The first-order valence-corrected chi connectivity index (χ1v) is 16.5. The summed E-state index contributed by atoms with van der Waals surface area (Å²) in [5.41, 5.74) is 0.734. The number of carbonyl (C=O) groups excluding carboxylic acids is 2. The van der Waals surface area contributed by atoms with Gasteiger partial charge in [-0.15, -0.1) is 5.10 Å². The van der Waals surface area contributed by atoms with Crippen molar-refractivity contribution in [2.24, 2.45) is 0 Å². The minimum absolute atomic E-state index is 0.0403. The van der Waals surface area contributed by atoms with Crippen LogP contribution in [-0.2, 0) is 40.0 Å². The Morgan fingerprint density at radius 2 is 1.94 bits per heavy atom. The molecule has 0 unspecified atom stereocenters. The van der Waals surface area contributed by atoms with E-state index in [1.807, 2.05) is 37.3 Å². The molecule has 1 saturated heterocycles. The quantitative estimate of drug-likeness (QED) is 0.201. The lowest BCUT2D eigenvalue weighted by atomic mass is 10.1. The zero-order chi connectivity index (χ0) is 36.4. The summed E-state index contributed by atoms with van der Waals surface area (Å²) in [7, 11) is 0. The first-order chi connectivity index (χ1) is 24.3. The van der Waals surface area contributed by atoms with Gasteiger partial charge in [-0.25, -0.2) is 9.18 Å². The van der Waals surface area contributed by atoms with Gasteiger partial charge < -0.3 is 24.3 Å². The van der Waals surface area contributed by atoms with E-state index in [4.69, 9.17) is 21.1 Å². The molecule has 16 heteroatoms. The molecule has 4 aromatic rings. The predicted octanol–water partition coefficient (Wildman–Crippen LogP) is 6.68. The Hall–Kier alpha value is -5.02. The fraction of sp³-hybridized carbons (Fsp3) is 0.343. The predicted molar refractivity (Wildman–Crippen MR) is 181 cm³/mol. The average molecular weight is 729 g/mol. The van der Waals surface area contributed by atoms with Crippen LogP contribution >= 0.6 is 11.6 Å². The van der Waals surface area contributed by atoms with E-state index in [1.165, 1.54) is 4.57 Å². The van der Waals surface area contributed by atoms with Gasteiger partial charge in [-0.3, -0.25) is 9.59 Å². The number of alkyl halides is 3. The molecule has 1 atom stereocenters. The van der Waals surface area contributed by atoms with Gasteiger partial charge in [0.05, 0.1) is 35.1 Å². The summed E-state index contributed by atoms with van der Waals surface area (Å²) in [6, 6.07) is 11.6. The number of carbonyl (C=O) groups is 2. The molecule has 2 amide bonds. The number of likely N-dealkylation sites (tertiary alicyclic amines) is 1. The van der Waals surface area contributed by atoms with E-state index in [0.29, 0.717) is 18.2 Å². The van der Waals surface area contributed by atoms with Crippen molar-refractivity contribution in [2.45, 2.75) is 58.5 Å². The minimum Gasteiger partial charge on any atom is -0.445 e. The van der Waals surface area contributed by atoms with Crippen LogP contribution in [0.5, 0.6) is 0 Å². The Morgan fingerprint density at radius 3 is 2.63 bits per heavy atom. The van der Waals surface area contributed by atoms with Crippen LogP contribution in [0.15, 0.2) is 64.7 Å². The Bertz CT molecular complexity index is 2110. The molecule has 2 aliphatic rings. The van der Waals surface area contributed by atoms with Gasteiger partial charge in [-0.2, -0.15) is 22.7 Å². The zero-order valence-corrected chi connectivity index (χ0v) is 28.4. The monoisotopic (exact) mass is 728 g/mol. The standard InChI is InChI=1S/C35H33ClF4N6O5/c1-3-29-25(14-22-13-20(2)44(16-22)34(49)51-18-21-7-5-4-6-8-21)32(48)46-33(42-31(43-46)24-11-12-50-19-27(24)37)45(29)17-30(47)41-28-10-9-23(15-26(28)36)35(38,39)40/h4-10,14-15,20H,3,11-13,16-19H2,1-2H3,(H,41,47)/b22-14+/t20-/m1/s1. The van der Waals surface area contributed by atoms with Crippen molar-refractivity contribution < 1.29 is 36.6 Å². The summed E-state index contributed by atoms with van der Waals surface area (Å²) in [4.78, 5) is 46.6. The van der Waals surface area contributed by atoms with Crippen molar-refractivity contribution in [3.63, 3.8) is 0 Å². The molecule has 2 aromatic heterocycles. The first kappa shape index (κ1) is 35.8. The van der Waals surface area contributed by atoms with Crippen molar-refractivity contribution in [3.05, 3.63) is 104 Å². The van der Waals surface area contributed by atoms with E-state index >= 15 is 0 Å². The third-order valence-corrected chi connectivity index (χ3v) is 8.98. The van der Waals surface area contributed by atoms with Crippen LogP contribution in [0.3, 0.4) is 0 Å². The molecule has 1 fully saturated rings. The maximum atomic E-state index is 14.8. The van der Waals surface area contributed by atoms with Gasteiger partial charge in [0, 0.05) is 30.3 Å². The van der Waals surface area contributed by atoms with E-state index in [2.05, 4.69) is 15.4 Å². The number of ether oxygens (including phenoxy) is 2. The number of fused-ring (bicyclic) bond motifs is 1. The van der Waals surface area contributed by atoms with Gasteiger partial charge in [0.2, 0.25) is 11.7 Å². The molecular formula is C35H33ClF4N6O5. The topological polar surface area (TPSA) is 120 Å². The number of halogens is 5. The summed E-state index contributed by atoms with van der Waals surface area (Å²) >= 11 is 6.09. The molecular weight excluding hydrogens is 696 g/mol. The van der Waals surface area contributed by atoms with Crippen molar-refractivity contribution in [3.8, 4) is 0 Å². The molecule has 1 N–H and O–H groups in total. The number of hydrogen-bond acceptors (Lipinski definition) is 7. The first-order valence-electron chi connectivity index (χ1n) is 16.2. The van der Waals surface area contributed by atoms with Crippen LogP contribution < -0.4 is 10.9 Å². The molecule has 51 heavy (non-hydrogen) atoms. The smallest absolute Gasteiger partial charge is 0.416 e. The van der Waals surface area contributed by atoms with Crippen molar-refractivity contribution in [1.82, 2.24) is 24.1 Å². The number of nitrogens with one attached hydrogen (secondary N) is 1. The second-order valence-electron chi connectivity index (χ2n) is 12.2. The fourth-order valence-electron chi connectivity index (χ4n) is 6.14. The molecule has 0 spiro atoms. The minimum atomic E-state index is -4.63. The molecule has 2 aliphatic heterocycles. The summed E-state index contributed by atoms with van der Waals surface area (Å²) in [6.07, 6.45) is -2.63. The molecule has 11 nitrogen and oxygen atoms in total. The van der Waals surface area contributed by atoms with Gasteiger partial charge >= 0.3 is 12.3 Å². The highest BCUT2D eigenvalue weighted by Crippen LogP contribution is 2.34. The average Bonchev–Trinajstić information content (AvgIpc) is 3.71. The molecule has 0 bridgehead atoms. The maximum absolute atomic E-state index is 14.8. The number of benzene rings is 2. The van der Waals surface area contributed by atoms with Crippen LogP contribution in [0.25, 0.3) is 17.4 Å². The Balaban J connectivity index is 1.36. The van der Waals surface area contributed by atoms with Gasteiger partial charge in [0.1, 0.15) is 19.0 Å². The third kappa shape index (κ3) is 7.69. The molecule has 2 aromatic carbocycles.